The van der Waals surface area contributed by atoms with Gasteiger partial charge in [-0.3, -0.25) is 4.98 Å². The molecule has 0 amide bonds. The quantitative estimate of drug-likeness (QED) is 0.922. The summed E-state index contributed by atoms with van der Waals surface area (Å²) in [6, 6.07) is 6.67. The van der Waals surface area contributed by atoms with Gasteiger partial charge in [-0.05, 0) is 55.6 Å². The molecule has 3 nitrogen and oxygen atoms in total. The van der Waals surface area contributed by atoms with Crippen molar-refractivity contribution in [3.8, 4) is 0 Å². The molecule has 3 heteroatoms. The highest BCUT2D eigenvalue weighted by atomic mass is 15.1. The third-order valence-electron chi connectivity index (χ3n) is 4.66. The number of benzene rings is 1. The van der Waals surface area contributed by atoms with Crippen LogP contribution in [0, 0.1) is 0 Å². The maximum atomic E-state index is 6.57. The zero-order chi connectivity index (χ0) is 16.1. The van der Waals surface area contributed by atoms with Gasteiger partial charge in [0.2, 0.25) is 0 Å². The van der Waals surface area contributed by atoms with Gasteiger partial charge >= 0.3 is 0 Å². The number of aromatic nitrogens is 1. The fourth-order valence-electron chi connectivity index (χ4n) is 3.49. The zero-order valence-corrected chi connectivity index (χ0v) is 14.4. The molecule has 0 unspecified atom stereocenters. The van der Waals surface area contributed by atoms with Gasteiger partial charge in [-0.2, -0.15) is 0 Å². The number of hydrogen-bond donors (Lipinski definition) is 1. The normalized spacial score (nSPS) is 16.3. The van der Waals surface area contributed by atoms with Crippen LogP contribution in [0.4, 0.5) is 0 Å². The minimum absolute atomic E-state index is 0.362. The van der Waals surface area contributed by atoms with Crippen LogP contribution < -0.4 is 5.73 Å². The number of nitrogens with two attached hydrogens (primary N) is 1. The standard InChI is InChI=1S/C19H27N3/c1-12(2)13-6-7-16-14(10-13)18(19(3,4)20)15-11-22(5)9-8-17(15)21-16/h6-7,10,12H,8-9,11,20H2,1-5H3. The van der Waals surface area contributed by atoms with E-state index in [2.05, 4.69) is 57.8 Å². The highest BCUT2D eigenvalue weighted by Gasteiger charge is 2.27. The van der Waals surface area contributed by atoms with Crippen molar-refractivity contribution in [2.45, 2.75) is 52.1 Å². The molecule has 2 aromatic rings. The summed E-state index contributed by atoms with van der Waals surface area (Å²) in [7, 11) is 2.17. The largest absolute Gasteiger partial charge is 0.322 e. The maximum Gasteiger partial charge on any atom is 0.0709 e. The molecule has 22 heavy (non-hydrogen) atoms. The number of nitrogens with zero attached hydrogens (tertiary/aromatic N) is 2. The molecule has 1 aromatic carbocycles. The molecular weight excluding hydrogens is 270 g/mol. The molecule has 1 aromatic heterocycles. The average molecular weight is 297 g/mol. The first-order valence-electron chi connectivity index (χ1n) is 8.20. The van der Waals surface area contributed by atoms with E-state index in [4.69, 9.17) is 10.7 Å². The lowest BCUT2D eigenvalue weighted by molar-refractivity contribution is 0.306. The van der Waals surface area contributed by atoms with Gasteiger partial charge < -0.3 is 10.6 Å². The molecule has 0 spiro atoms. The van der Waals surface area contributed by atoms with E-state index in [0.717, 1.165) is 25.0 Å². The van der Waals surface area contributed by atoms with E-state index in [1.807, 2.05) is 0 Å². The summed E-state index contributed by atoms with van der Waals surface area (Å²) >= 11 is 0. The van der Waals surface area contributed by atoms with E-state index >= 15 is 0 Å². The van der Waals surface area contributed by atoms with Crippen LogP contribution in [0.25, 0.3) is 10.9 Å². The first-order chi connectivity index (χ1) is 10.3. The van der Waals surface area contributed by atoms with Crippen LogP contribution >= 0.6 is 0 Å². The Hall–Kier alpha value is -1.45. The van der Waals surface area contributed by atoms with Crippen LogP contribution in [-0.2, 0) is 18.5 Å². The molecule has 0 saturated heterocycles. The second-order valence-corrected chi connectivity index (χ2v) is 7.55. The molecule has 1 aliphatic rings. The molecule has 2 N–H and O–H groups in total. The number of rotatable bonds is 2. The molecule has 1 aliphatic heterocycles. The summed E-state index contributed by atoms with van der Waals surface area (Å²) in [5, 5.41) is 1.23. The predicted octanol–water partition coefficient (Wildman–Crippen LogP) is 3.54. The van der Waals surface area contributed by atoms with Crippen molar-refractivity contribution in [1.82, 2.24) is 9.88 Å². The fraction of sp³-hybridized carbons (Fsp3) is 0.526. The molecular formula is C19H27N3. The number of likely N-dealkylation sites (N-methyl/N-ethyl adjacent to an activating group) is 1. The van der Waals surface area contributed by atoms with Gasteiger partial charge in [-0.25, -0.2) is 0 Å². The van der Waals surface area contributed by atoms with Crippen molar-refractivity contribution in [1.29, 1.82) is 0 Å². The number of fused-ring (bicyclic) bond motifs is 2. The van der Waals surface area contributed by atoms with Crippen molar-refractivity contribution in [2.75, 3.05) is 13.6 Å². The smallest absolute Gasteiger partial charge is 0.0709 e. The summed E-state index contributed by atoms with van der Waals surface area (Å²) < 4.78 is 0. The molecule has 118 valence electrons. The highest BCUT2D eigenvalue weighted by Crippen LogP contribution is 2.35. The van der Waals surface area contributed by atoms with Crippen molar-refractivity contribution >= 4 is 10.9 Å². The molecule has 2 heterocycles. The maximum absolute atomic E-state index is 6.57. The van der Waals surface area contributed by atoms with Crippen LogP contribution in [-0.4, -0.2) is 23.5 Å². The van der Waals surface area contributed by atoms with Gasteiger partial charge in [0.1, 0.15) is 0 Å². The Kier molecular flexibility index (Phi) is 3.74. The molecule has 3 rings (SSSR count). The summed E-state index contributed by atoms with van der Waals surface area (Å²) in [6.45, 7) is 10.7. The molecule has 0 atom stereocenters. The topological polar surface area (TPSA) is 42.1 Å². The molecule has 0 fully saturated rings. The lowest BCUT2D eigenvalue weighted by atomic mass is 9.84. The summed E-state index contributed by atoms with van der Waals surface area (Å²) in [5.74, 6) is 0.511. The van der Waals surface area contributed by atoms with E-state index in [-0.39, 0.29) is 5.54 Å². The van der Waals surface area contributed by atoms with E-state index in [1.165, 1.54) is 27.8 Å². The number of hydrogen-bond acceptors (Lipinski definition) is 3. The minimum Gasteiger partial charge on any atom is -0.322 e. The first kappa shape index (κ1) is 15.4. The van der Waals surface area contributed by atoms with Crippen LogP contribution in [0.1, 0.15) is 56.0 Å². The van der Waals surface area contributed by atoms with E-state index < -0.39 is 0 Å². The van der Waals surface area contributed by atoms with E-state index in [9.17, 15) is 0 Å². The molecule has 0 saturated carbocycles. The van der Waals surface area contributed by atoms with E-state index in [0.29, 0.717) is 5.92 Å². The molecule has 0 bridgehead atoms. The van der Waals surface area contributed by atoms with Gasteiger partial charge in [-0.15, -0.1) is 0 Å². The van der Waals surface area contributed by atoms with Gasteiger partial charge in [0.15, 0.2) is 0 Å². The van der Waals surface area contributed by atoms with Crippen LogP contribution in [0.5, 0.6) is 0 Å². The monoisotopic (exact) mass is 297 g/mol. The Bertz CT molecular complexity index is 711. The summed E-state index contributed by atoms with van der Waals surface area (Å²) in [6.07, 6.45) is 1.01. The summed E-state index contributed by atoms with van der Waals surface area (Å²) in [5.41, 5.74) is 12.5. The number of pyridine rings is 1. The third kappa shape index (κ3) is 2.64. The second-order valence-electron chi connectivity index (χ2n) is 7.55. The van der Waals surface area contributed by atoms with Gasteiger partial charge in [0.05, 0.1) is 5.52 Å². The van der Waals surface area contributed by atoms with E-state index in [1.54, 1.807) is 0 Å². The van der Waals surface area contributed by atoms with Crippen LogP contribution in [0.3, 0.4) is 0 Å². The van der Waals surface area contributed by atoms with Gasteiger partial charge in [0.25, 0.3) is 0 Å². The minimum atomic E-state index is -0.362. The second kappa shape index (κ2) is 5.32. The Morgan fingerprint density at radius 1 is 1.27 bits per heavy atom. The fourth-order valence-corrected chi connectivity index (χ4v) is 3.49. The summed E-state index contributed by atoms with van der Waals surface area (Å²) in [4.78, 5) is 7.30. The Balaban J connectivity index is 2.35. The SMILES string of the molecule is CC(C)c1ccc2nc3c(c(C(C)(C)N)c2c1)CN(C)CC3. The van der Waals surface area contributed by atoms with Crippen molar-refractivity contribution in [3.05, 3.63) is 40.6 Å². The van der Waals surface area contributed by atoms with Crippen molar-refractivity contribution in [3.63, 3.8) is 0 Å². The van der Waals surface area contributed by atoms with Gasteiger partial charge in [-0.1, -0.05) is 19.9 Å². The zero-order valence-electron chi connectivity index (χ0n) is 14.4. The Morgan fingerprint density at radius 3 is 2.64 bits per heavy atom. The Morgan fingerprint density at radius 2 is 2.00 bits per heavy atom. The molecule has 0 radical (unpaired) electrons. The van der Waals surface area contributed by atoms with Gasteiger partial charge in [0, 0.05) is 36.1 Å². The lowest BCUT2D eigenvalue weighted by Crippen LogP contribution is -2.35. The van der Waals surface area contributed by atoms with Crippen molar-refractivity contribution in [2.24, 2.45) is 5.73 Å². The average Bonchev–Trinajstić information content (AvgIpc) is 2.42. The highest BCUT2D eigenvalue weighted by molar-refractivity contribution is 5.85. The van der Waals surface area contributed by atoms with Crippen LogP contribution in [0.2, 0.25) is 0 Å². The molecule has 0 aliphatic carbocycles. The first-order valence-corrected chi connectivity index (χ1v) is 8.20. The Labute approximate surface area is 133 Å². The lowest BCUT2D eigenvalue weighted by Gasteiger charge is -2.32. The van der Waals surface area contributed by atoms with Crippen LogP contribution in [0.15, 0.2) is 18.2 Å². The third-order valence-corrected chi connectivity index (χ3v) is 4.66. The predicted molar refractivity (Wildman–Crippen MR) is 93.1 cm³/mol. The van der Waals surface area contributed by atoms with Crippen molar-refractivity contribution < 1.29 is 0 Å².